The second-order valence-corrected chi connectivity index (χ2v) is 8.60. The molecule has 198 valence electrons. The van der Waals surface area contributed by atoms with Crippen molar-refractivity contribution < 1.29 is 80.3 Å². The Morgan fingerprint density at radius 2 is 0.971 bits per heavy atom. The summed E-state index contributed by atoms with van der Waals surface area (Å²) in [7, 11) is 0. The Labute approximate surface area is 191 Å². The molecule has 0 radical (unpaired) electrons. The molecular weight excluding hydrogens is 472 g/mol. The van der Waals surface area contributed by atoms with E-state index in [4.69, 9.17) is 14.2 Å². The van der Waals surface area contributed by atoms with Gasteiger partial charge in [-0.1, -0.05) is 0 Å². The lowest BCUT2D eigenvalue weighted by atomic mass is 9.84. The second kappa shape index (κ2) is 10.6. The van der Waals surface area contributed by atoms with Gasteiger partial charge < -0.3 is 75.5 Å². The van der Waals surface area contributed by atoms with E-state index in [0.29, 0.717) is 0 Å². The molecule has 0 bridgehead atoms. The van der Waals surface area contributed by atoms with Crippen LogP contribution in [0.4, 0.5) is 0 Å². The van der Waals surface area contributed by atoms with Crippen molar-refractivity contribution in [2.24, 2.45) is 0 Å². The van der Waals surface area contributed by atoms with Crippen LogP contribution in [-0.4, -0.2) is 172 Å². The lowest BCUT2D eigenvalue weighted by Crippen LogP contribution is -2.68. The van der Waals surface area contributed by atoms with Crippen LogP contribution < -0.4 is 0 Å². The van der Waals surface area contributed by atoms with Gasteiger partial charge in [-0.2, -0.15) is 0 Å². The highest BCUT2D eigenvalue weighted by atomic mass is 16.7. The number of hydrogen-bond acceptors (Lipinski definition) is 16. The summed E-state index contributed by atoms with van der Waals surface area (Å²) >= 11 is 0. The lowest BCUT2D eigenvalue weighted by Gasteiger charge is -2.46. The molecule has 3 aliphatic rings. The summed E-state index contributed by atoms with van der Waals surface area (Å²) in [6.45, 7) is -0.857. The Bertz CT molecular complexity index is 691. The molecule has 1 aliphatic carbocycles. The second-order valence-electron chi connectivity index (χ2n) is 8.60. The van der Waals surface area contributed by atoms with Gasteiger partial charge in [0.2, 0.25) is 0 Å². The van der Waals surface area contributed by atoms with Gasteiger partial charge in [-0.15, -0.1) is 0 Å². The number of hydrogen-bond donors (Lipinski definition) is 12. The first-order chi connectivity index (χ1) is 15.8. The minimum absolute atomic E-state index is 0.857. The maximum absolute atomic E-state index is 12.9. The zero-order valence-corrected chi connectivity index (χ0v) is 17.4. The van der Waals surface area contributed by atoms with E-state index in [1.54, 1.807) is 0 Å². The average molecular weight is 502 g/mol. The summed E-state index contributed by atoms with van der Waals surface area (Å²) in [6.07, 6.45) is -31.6. The molecule has 34 heavy (non-hydrogen) atoms. The molecule has 2 aliphatic heterocycles. The summed E-state index contributed by atoms with van der Waals surface area (Å²) in [6, 6.07) is 0. The van der Waals surface area contributed by atoms with Gasteiger partial charge in [-0.25, -0.2) is 0 Å². The third-order valence-corrected chi connectivity index (χ3v) is 6.39. The van der Waals surface area contributed by atoms with Crippen molar-refractivity contribution in [2.45, 2.75) is 97.8 Å². The highest BCUT2D eigenvalue weighted by Crippen LogP contribution is 2.31. The van der Waals surface area contributed by atoms with Gasteiger partial charge in [0.25, 0.3) is 0 Å². The summed E-state index contributed by atoms with van der Waals surface area (Å²) < 4.78 is 15.5. The van der Waals surface area contributed by atoms with Gasteiger partial charge >= 0.3 is 0 Å². The van der Waals surface area contributed by atoms with E-state index in [-0.39, 0.29) is 0 Å². The minimum atomic E-state index is -2.13. The molecule has 2 heterocycles. The number of aliphatic hydroxyl groups is 12. The molecule has 3 fully saturated rings. The van der Waals surface area contributed by atoms with Crippen LogP contribution in [0.25, 0.3) is 0 Å². The number of aliphatic hydroxyl groups excluding tert-OH is 12. The number of ether oxygens (including phenoxy) is 3. The Morgan fingerprint density at radius 3 is 1.47 bits per heavy atom. The van der Waals surface area contributed by atoms with Gasteiger partial charge in [0.15, 0.2) is 18.2 Å². The highest BCUT2D eigenvalue weighted by molar-refractivity contribution is 5.89. The normalized spacial score (nSPS) is 54.6. The molecule has 3 rings (SSSR count). The van der Waals surface area contributed by atoms with Crippen molar-refractivity contribution in [2.75, 3.05) is 6.61 Å². The smallest absolute Gasteiger partial charge is 0.195 e. The monoisotopic (exact) mass is 502 g/mol. The van der Waals surface area contributed by atoms with Crippen LogP contribution in [0, 0.1) is 0 Å². The molecule has 0 aromatic heterocycles. The van der Waals surface area contributed by atoms with E-state index in [2.05, 4.69) is 0 Å². The fourth-order valence-electron chi connectivity index (χ4n) is 4.21. The van der Waals surface area contributed by atoms with E-state index in [9.17, 15) is 66.1 Å². The van der Waals surface area contributed by atoms with Gasteiger partial charge in [0.05, 0.1) is 6.61 Å². The fraction of sp³-hybridized carbons (Fsp3) is 0.944. The number of Topliss-reactive ketones (excluding diaryl/α,β-unsaturated/α-hetero) is 1. The van der Waals surface area contributed by atoms with Crippen molar-refractivity contribution in [3.63, 3.8) is 0 Å². The summed E-state index contributed by atoms with van der Waals surface area (Å²) in [5.74, 6) is -1.29. The molecule has 9 unspecified atom stereocenters. The van der Waals surface area contributed by atoms with Gasteiger partial charge in [-0.3, -0.25) is 4.79 Å². The van der Waals surface area contributed by atoms with E-state index in [0.717, 1.165) is 0 Å². The maximum atomic E-state index is 12.9. The zero-order valence-electron chi connectivity index (χ0n) is 17.4. The summed E-state index contributed by atoms with van der Waals surface area (Å²) in [5.41, 5.74) is 0. The molecular formula is C18H30O16. The minimum Gasteiger partial charge on any atom is -0.394 e. The first-order valence-electron chi connectivity index (χ1n) is 10.4. The van der Waals surface area contributed by atoms with Crippen molar-refractivity contribution in [1.82, 2.24) is 0 Å². The molecule has 12 N–H and O–H groups in total. The largest absolute Gasteiger partial charge is 0.394 e. The van der Waals surface area contributed by atoms with Crippen LogP contribution in [0.5, 0.6) is 0 Å². The number of carbonyl (C=O) groups excluding carboxylic acids is 1. The van der Waals surface area contributed by atoms with Crippen LogP contribution in [0.15, 0.2) is 0 Å². The quantitative estimate of drug-likeness (QED) is 0.166. The molecule has 16 heteroatoms. The first-order valence-corrected chi connectivity index (χ1v) is 10.4. The number of rotatable bonds is 5. The van der Waals surface area contributed by atoms with Gasteiger partial charge in [0.1, 0.15) is 85.5 Å². The van der Waals surface area contributed by atoms with Crippen LogP contribution >= 0.6 is 0 Å². The molecule has 0 aromatic carbocycles. The van der Waals surface area contributed by atoms with Gasteiger partial charge in [0, 0.05) is 0 Å². The fourth-order valence-corrected chi connectivity index (χ4v) is 4.21. The van der Waals surface area contributed by atoms with Gasteiger partial charge in [-0.05, 0) is 0 Å². The highest BCUT2D eigenvalue weighted by Gasteiger charge is 2.56. The van der Waals surface area contributed by atoms with Crippen LogP contribution in [0.2, 0.25) is 0 Å². The van der Waals surface area contributed by atoms with Crippen LogP contribution in [0.3, 0.4) is 0 Å². The van der Waals surface area contributed by atoms with E-state index >= 15 is 0 Å². The number of ketones is 1. The molecule has 0 amide bonds. The van der Waals surface area contributed by atoms with E-state index < -0.39 is 110 Å². The standard InChI is InChI=1S/C18H30O16/c19-1-2-3(20)4(21)9(26)16(32-2)14(31)17-12(29)8(25)13(30)18(34-17)33-15-10(27)6(23)5(22)7(24)11(15)28/h2-13,15-30H,1H2/t2?,3-,4+,5?,6?,7?,8+,9?,10-,11?,12+,13?,15?,16-,17?,18+/m0/s1. The van der Waals surface area contributed by atoms with E-state index in [1.807, 2.05) is 0 Å². The van der Waals surface area contributed by atoms with Crippen LogP contribution in [0.1, 0.15) is 0 Å². The third kappa shape index (κ3) is 4.73. The van der Waals surface area contributed by atoms with Crippen LogP contribution in [-0.2, 0) is 19.0 Å². The molecule has 0 aromatic rings. The lowest BCUT2D eigenvalue weighted by molar-refractivity contribution is -0.333. The number of carbonyl (C=O) groups is 1. The Morgan fingerprint density at radius 1 is 0.559 bits per heavy atom. The molecule has 16 nitrogen and oxygen atoms in total. The SMILES string of the molecule is O=C(C1O[C@@H](OC2C(O)C(O)C(O)C(O)[C@@H]2O)C(O)[C@H](O)[C@H]1O)[C@H]1OC(CO)[C@H](O)[C@@H](O)C1O. The Hall–Kier alpha value is -0.930. The maximum Gasteiger partial charge on any atom is 0.195 e. The average Bonchev–Trinajstić information content (AvgIpc) is 2.82. The Kier molecular flexibility index (Phi) is 8.61. The van der Waals surface area contributed by atoms with Crippen molar-refractivity contribution in [1.29, 1.82) is 0 Å². The van der Waals surface area contributed by atoms with E-state index in [1.165, 1.54) is 0 Å². The van der Waals surface area contributed by atoms with Crippen molar-refractivity contribution >= 4 is 5.78 Å². The zero-order chi connectivity index (χ0) is 25.6. The molecule has 1 saturated carbocycles. The summed E-state index contributed by atoms with van der Waals surface area (Å²) in [4.78, 5) is 12.9. The summed E-state index contributed by atoms with van der Waals surface area (Å²) in [5, 5.41) is 119. The predicted octanol–water partition coefficient (Wildman–Crippen LogP) is -8.59. The first kappa shape index (κ1) is 27.7. The molecule has 2 saturated heterocycles. The van der Waals surface area contributed by atoms with Crippen molar-refractivity contribution in [3.8, 4) is 0 Å². The van der Waals surface area contributed by atoms with Crippen molar-refractivity contribution in [3.05, 3.63) is 0 Å². The topological polar surface area (TPSA) is 288 Å². The Balaban J connectivity index is 1.80. The molecule has 0 spiro atoms. The predicted molar refractivity (Wildman–Crippen MR) is 100 cm³/mol. The molecule has 16 atom stereocenters. The third-order valence-electron chi connectivity index (χ3n) is 6.39.